The standard InChI is InChI=1S/C14H19NO4/c1-9-5-4-6-15(9)11-8-13(19-3)12(18-2)7-10(11)14(16)17/h7-9H,4-6H2,1-3H3,(H,16,17). The van der Waals surface area contributed by atoms with Crippen LogP contribution < -0.4 is 14.4 Å². The first-order valence-corrected chi connectivity index (χ1v) is 6.34. The molecule has 1 unspecified atom stereocenters. The molecule has 1 aliphatic rings. The smallest absolute Gasteiger partial charge is 0.337 e. The van der Waals surface area contributed by atoms with Gasteiger partial charge in [-0.25, -0.2) is 4.79 Å². The van der Waals surface area contributed by atoms with Gasteiger partial charge in [0.1, 0.15) is 0 Å². The highest BCUT2D eigenvalue weighted by Crippen LogP contribution is 2.37. The maximum absolute atomic E-state index is 11.4. The molecule has 0 aromatic heterocycles. The van der Waals surface area contributed by atoms with Crippen LogP contribution in [-0.2, 0) is 0 Å². The summed E-state index contributed by atoms with van der Waals surface area (Å²) in [6.45, 7) is 2.98. The summed E-state index contributed by atoms with van der Waals surface area (Å²) in [6.07, 6.45) is 2.15. The Kier molecular flexibility index (Phi) is 3.83. The summed E-state index contributed by atoms with van der Waals surface area (Å²) in [7, 11) is 3.05. The molecule has 1 aliphatic heterocycles. The third-order valence-electron chi connectivity index (χ3n) is 3.59. The molecule has 1 heterocycles. The fourth-order valence-electron chi connectivity index (χ4n) is 2.57. The number of ether oxygens (including phenoxy) is 2. The van der Waals surface area contributed by atoms with Gasteiger partial charge in [-0.15, -0.1) is 0 Å². The number of nitrogens with zero attached hydrogens (tertiary/aromatic N) is 1. The molecule has 2 rings (SSSR count). The van der Waals surface area contributed by atoms with Crippen molar-refractivity contribution >= 4 is 11.7 Å². The summed E-state index contributed by atoms with van der Waals surface area (Å²) >= 11 is 0. The number of hydrogen-bond acceptors (Lipinski definition) is 4. The van der Waals surface area contributed by atoms with Crippen LogP contribution in [0.2, 0.25) is 0 Å². The first-order chi connectivity index (χ1) is 9.08. The van der Waals surface area contributed by atoms with E-state index in [-0.39, 0.29) is 5.56 Å². The second kappa shape index (κ2) is 5.38. The van der Waals surface area contributed by atoms with Gasteiger partial charge < -0.3 is 19.5 Å². The van der Waals surface area contributed by atoms with Crippen molar-refractivity contribution in [3.63, 3.8) is 0 Å². The molecule has 1 N–H and O–H groups in total. The molecule has 104 valence electrons. The third-order valence-corrected chi connectivity index (χ3v) is 3.59. The van der Waals surface area contributed by atoms with Crippen LogP contribution in [0.1, 0.15) is 30.1 Å². The predicted octanol–water partition coefficient (Wildman–Crippen LogP) is 2.39. The molecule has 5 heteroatoms. The van der Waals surface area contributed by atoms with Crippen molar-refractivity contribution in [2.24, 2.45) is 0 Å². The van der Waals surface area contributed by atoms with E-state index in [1.54, 1.807) is 13.2 Å². The molecule has 0 amide bonds. The summed E-state index contributed by atoms with van der Waals surface area (Å²) in [4.78, 5) is 13.5. The lowest BCUT2D eigenvalue weighted by Gasteiger charge is -2.26. The monoisotopic (exact) mass is 265 g/mol. The van der Waals surface area contributed by atoms with E-state index >= 15 is 0 Å². The van der Waals surface area contributed by atoms with Crippen molar-refractivity contribution < 1.29 is 19.4 Å². The summed E-state index contributed by atoms with van der Waals surface area (Å²) in [5.74, 6) is 0.0483. The summed E-state index contributed by atoms with van der Waals surface area (Å²) in [5, 5.41) is 9.37. The van der Waals surface area contributed by atoms with Crippen LogP contribution in [-0.4, -0.2) is 37.9 Å². The Morgan fingerprint density at radius 3 is 2.42 bits per heavy atom. The molecule has 0 spiro atoms. The normalized spacial score (nSPS) is 18.5. The lowest BCUT2D eigenvalue weighted by atomic mass is 10.1. The Morgan fingerprint density at radius 1 is 1.32 bits per heavy atom. The van der Waals surface area contributed by atoms with Crippen LogP contribution in [0.15, 0.2) is 12.1 Å². The van der Waals surface area contributed by atoms with Crippen LogP contribution >= 0.6 is 0 Å². The van der Waals surface area contributed by atoms with Crippen molar-refractivity contribution in [1.29, 1.82) is 0 Å². The lowest BCUT2D eigenvalue weighted by molar-refractivity contribution is 0.0697. The molecule has 1 aromatic rings. The number of anilines is 1. The maximum Gasteiger partial charge on any atom is 0.337 e. The van der Waals surface area contributed by atoms with E-state index in [9.17, 15) is 9.90 Å². The minimum Gasteiger partial charge on any atom is -0.493 e. The van der Waals surface area contributed by atoms with Crippen LogP contribution in [0.25, 0.3) is 0 Å². The summed E-state index contributed by atoms with van der Waals surface area (Å²) in [6, 6.07) is 3.63. The molecule has 0 saturated carbocycles. The summed E-state index contributed by atoms with van der Waals surface area (Å²) < 4.78 is 10.4. The fourth-order valence-corrected chi connectivity index (χ4v) is 2.57. The molecule has 5 nitrogen and oxygen atoms in total. The number of carboxylic acids is 1. The molecular formula is C14H19NO4. The predicted molar refractivity (Wildman–Crippen MR) is 72.5 cm³/mol. The highest BCUT2D eigenvalue weighted by Gasteiger charge is 2.26. The number of carboxylic acid groups (broad SMARTS) is 1. The lowest BCUT2D eigenvalue weighted by Crippen LogP contribution is -2.28. The Labute approximate surface area is 112 Å². The number of methoxy groups -OCH3 is 2. The van der Waals surface area contributed by atoms with Gasteiger partial charge in [0.25, 0.3) is 0 Å². The highest BCUT2D eigenvalue weighted by molar-refractivity contribution is 5.96. The van der Waals surface area contributed by atoms with Gasteiger partial charge in [-0.1, -0.05) is 0 Å². The SMILES string of the molecule is COc1cc(C(=O)O)c(N2CCCC2C)cc1OC. The zero-order valence-corrected chi connectivity index (χ0v) is 11.5. The topological polar surface area (TPSA) is 59.0 Å². The molecule has 1 saturated heterocycles. The van der Waals surface area contributed by atoms with Gasteiger partial charge >= 0.3 is 5.97 Å². The zero-order valence-electron chi connectivity index (χ0n) is 11.5. The molecule has 1 aromatic carbocycles. The Bertz CT molecular complexity index is 487. The van der Waals surface area contributed by atoms with Crippen molar-refractivity contribution in [2.75, 3.05) is 25.7 Å². The average Bonchev–Trinajstić information content (AvgIpc) is 2.83. The van der Waals surface area contributed by atoms with E-state index in [0.29, 0.717) is 23.2 Å². The minimum absolute atomic E-state index is 0.256. The third kappa shape index (κ3) is 2.45. The van der Waals surface area contributed by atoms with E-state index in [4.69, 9.17) is 9.47 Å². The summed E-state index contributed by atoms with van der Waals surface area (Å²) in [5.41, 5.74) is 0.960. The Morgan fingerprint density at radius 2 is 1.95 bits per heavy atom. The van der Waals surface area contributed by atoms with Gasteiger partial charge in [0.2, 0.25) is 0 Å². The molecule has 1 fully saturated rings. The van der Waals surface area contributed by atoms with Crippen molar-refractivity contribution in [3.8, 4) is 11.5 Å². The minimum atomic E-state index is -0.949. The number of rotatable bonds is 4. The van der Waals surface area contributed by atoms with E-state index < -0.39 is 5.97 Å². The molecule has 19 heavy (non-hydrogen) atoms. The maximum atomic E-state index is 11.4. The quantitative estimate of drug-likeness (QED) is 0.905. The van der Waals surface area contributed by atoms with Crippen LogP contribution in [0.3, 0.4) is 0 Å². The van der Waals surface area contributed by atoms with Crippen molar-refractivity contribution in [3.05, 3.63) is 17.7 Å². The number of carbonyl (C=O) groups is 1. The van der Waals surface area contributed by atoms with E-state index in [2.05, 4.69) is 11.8 Å². The van der Waals surface area contributed by atoms with E-state index in [1.165, 1.54) is 13.2 Å². The second-order valence-electron chi connectivity index (χ2n) is 4.71. The van der Waals surface area contributed by atoms with E-state index in [0.717, 1.165) is 19.4 Å². The highest BCUT2D eigenvalue weighted by atomic mass is 16.5. The second-order valence-corrected chi connectivity index (χ2v) is 4.71. The Balaban J connectivity index is 2.53. The van der Waals surface area contributed by atoms with Crippen molar-refractivity contribution in [2.45, 2.75) is 25.8 Å². The van der Waals surface area contributed by atoms with Crippen LogP contribution in [0.5, 0.6) is 11.5 Å². The first-order valence-electron chi connectivity index (χ1n) is 6.34. The van der Waals surface area contributed by atoms with Gasteiger partial charge in [-0.3, -0.25) is 0 Å². The van der Waals surface area contributed by atoms with Crippen LogP contribution in [0.4, 0.5) is 5.69 Å². The molecule has 0 radical (unpaired) electrons. The number of hydrogen-bond donors (Lipinski definition) is 1. The van der Waals surface area contributed by atoms with Gasteiger partial charge in [0.05, 0.1) is 25.5 Å². The van der Waals surface area contributed by atoms with Gasteiger partial charge in [0, 0.05) is 24.7 Å². The first kappa shape index (κ1) is 13.5. The molecule has 1 atom stereocenters. The number of benzene rings is 1. The fraction of sp³-hybridized carbons (Fsp3) is 0.500. The Hall–Kier alpha value is -1.91. The largest absolute Gasteiger partial charge is 0.493 e. The zero-order chi connectivity index (χ0) is 14.0. The van der Waals surface area contributed by atoms with Gasteiger partial charge in [-0.05, 0) is 19.8 Å². The average molecular weight is 265 g/mol. The molecule has 0 aliphatic carbocycles. The molecular weight excluding hydrogens is 246 g/mol. The van der Waals surface area contributed by atoms with Crippen LogP contribution in [0, 0.1) is 0 Å². The van der Waals surface area contributed by atoms with Gasteiger partial charge in [-0.2, -0.15) is 0 Å². The van der Waals surface area contributed by atoms with Gasteiger partial charge in [0.15, 0.2) is 11.5 Å². The van der Waals surface area contributed by atoms with E-state index in [1.807, 2.05) is 0 Å². The van der Waals surface area contributed by atoms with Crippen molar-refractivity contribution in [1.82, 2.24) is 0 Å². The molecule has 0 bridgehead atoms. The number of aromatic carboxylic acids is 1.